The fourth-order valence-electron chi connectivity index (χ4n) is 2.67. The summed E-state index contributed by atoms with van der Waals surface area (Å²) >= 11 is 1.75. The maximum absolute atomic E-state index is 5.53. The molecular weight excluding hydrogens is 411 g/mol. The van der Waals surface area contributed by atoms with Gasteiger partial charge in [0.15, 0.2) is 5.96 Å². The van der Waals surface area contributed by atoms with Crippen molar-refractivity contribution in [2.24, 2.45) is 10.9 Å². The summed E-state index contributed by atoms with van der Waals surface area (Å²) < 4.78 is 5.53. The van der Waals surface area contributed by atoms with Gasteiger partial charge in [-0.1, -0.05) is 0 Å². The number of aromatic nitrogens is 1. The van der Waals surface area contributed by atoms with Gasteiger partial charge in [-0.25, -0.2) is 4.98 Å². The molecule has 0 amide bonds. The van der Waals surface area contributed by atoms with E-state index in [1.54, 1.807) is 11.3 Å². The Kier molecular flexibility index (Phi) is 8.63. The Hall–Kier alpha value is -0.410. The van der Waals surface area contributed by atoms with E-state index < -0.39 is 0 Å². The number of hydrogen-bond donors (Lipinski definition) is 1. The van der Waals surface area contributed by atoms with Crippen LogP contribution in [0.1, 0.15) is 28.9 Å². The number of nitrogens with zero attached hydrogens (tertiary/aromatic N) is 3. The number of likely N-dealkylation sites (tertiary alicyclic amines) is 1. The summed E-state index contributed by atoms with van der Waals surface area (Å²) in [6, 6.07) is 0. The molecule has 1 aromatic rings. The van der Waals surface area contributed by atoms with Crippen molar-refractivity contribution in [3.05, 3.63) is 15.6 Å². The number of aliphatic imine (C=N–C) groups is 1. The summed E-state index contributed by atoms with van der Waals surface area (Å²) in [6.45, 7) is 10.7. The highest BCUT2D eigenvalue weighted by Gasteiger charge is 2.24. The first-order valence-corrected chi connectivity index (χ1v) is 8.42. The molecule has 7 heteroatoms. The Morgan fingerprint density at radius 3 is 2.86 bits per heavy atom. The number of halogens is 1. The monoisotopic (exact) mass is 438 g/mol. The smallest absolute Gasteiger partial charge is 0.193 e. The fourth-order valence-corrected chi connectivity index (χ4v) is 3.55. The maximum atomic E-state index is 5.53. The molecule has 22 heavy (non-hydrogen) atoms. The minimum atomic E-state index is 0. The van der Waals surface area contributed by atoms with Gasteiger partial charge in [0.2, 0.25) is 0 Å². The van der Waals surface area contributed by atoms with E-state index in [1.165, 1.54) is 11.3 Å². The van der Waals surface area contributed by atoms with Gasteiger partial charge in [-0.15, -0.1) is 35.3 Å². The van der Waals surface area contributed by atoms with Gasteiger partial charge in [-0.05, 0) is 27.2 Å². The van der Waals surface area contributed by atoms with E-state index in [9.17, 15) is 0 Å². The SMILES string of the molecule is CCOCC1CCN(C(=NC)NCc2sc(C)nc2C)C1.I. The van der Waals surface area contributed by atoms with Crippen LogP contribution in [0.25, 0.3) is 0 Å². The molecule has 1 unspecified atom stereocenters. The van der Waals surface area contributed by atoms with Crippen LogP contribution < -0.4 is 5.32 Å². The number of rotatable bonds is 5. The molecule has 5 nitrogen and oxygen atoms in total. The van der Waals surface area contributed by atoms with E-state index in [0.717, 1.165) is 49.5 Å². The van der Waals surface area contributed by atoms with Crippen molar-refractivity contribution in [1.29, 1.82) is 0 Å². The molecule has 1 N–H and O–H groups in total. The van der Waals surface area contributed by atoms with Gasteiger partial charge in [-0.2, -0.15) is 0 Å². The van der Waals surface area contributed by atoms with Crippen LogP contribution in [0.5, 0.6) is 0 Å². The molecule has 1 fully saturated rings. The third-order valence-corrected chi connectivity index (χ3v) is 4.83. The summed E-state index contributed by atoms with van der Waals surface area (Å²) in [6.07, 6.45) is 1.18. The first-order valence-electron chi connectivity index (χ1n) is 7.60. The molecule has 0 aromatic carbocycles. The van der Waals surface area contributed by atoms with Crippen molar-refractivity contribution in [2.75, 3.05) is 33.4 Å². The Balaban J connectivity index is 0.00000242. The van der Waals surface area contributed by atoms with E-state index in [4.69, 9.17) is 4.74 Å². The van der Waals surface area contributed by atoms with Crippen molar-refractivity contribution in [2.45, 2.75) is 33.7 Å². The molecule has 1 aliphatic heterocycles. The number of thiazole rings is 1. The molecule has 2 heterocycles. The van der Waals surface area contributed by atoms with E-state index in [-0.39, 0.29) is 24.0 Å². The number of hydrogen-bond acceptors (Lipinski definition) is 4. The van der Waals surface area contributed by atoms with E-state index >= 15 is 0 Å². The van der Waals surface area contributed by atoms with Crippen LogP contribution in [0, 0.1) is 19.8 Å². The van der Waals surface area contributed by atoms with E-state index in [2.05, 4.69) is 34.0 Å². The van der Waals surface area contributed by atoms with Crippen molar-refractivity contribution in [3.8, 4) is 0 Å². The highest BCUT2D eigenvalue weighted by atomic mass is 127. The molecule has 0 aliphatic carbocycles. The van der Waals surface area contributed by atoms with Crippen LogP contribution in [0.15, 0.2) is 4.99 Å². The fraction of sp³-hybridized carbons (Fsp3) is 0.733. The Morgan fingerprint density at radius 1 is 1.50 bits per heavy atom. The average Bonchev–Trinajstić information content (AvgIpc) is 3.04. The maximum Gasteiger partial charge on any atom is 0.193 e. The van der Waals surface area contributed by atoms with Gasteiger partial charge in [0.1, 0.15) is 0 Å². The predicted molar refractivity (Wildman–Crippen MR) is 103 cm³/mol. The highest BCUT2D eigenvalue weighted by Crippen LogP contribution is 2.19. The van der Waals surface area contributed by atoms with E-state index in [0.29, 0.717) is 5.92 Å². The second kappa shape index (κ2) is 9.67. The van der Waals surface area contributed by atoms with Crippen LogP contribution >= 0.6 is 35.3 Å². The summed E-state index contributed by atoms with van der Waals surface area (Å²) in [7, 11) is 1.85. The lowest BCUT2D eigenvalue weighted by Crippen LogP contribution is -2.39. The van der Waals surface area contributed by atoms with E-state index in [1.807, 2.05) is 14.0 Å². The molecule has 2 rings (SSSR count). The predicted octanol–water partition coefficient (Wildman–Crippen LogP) is 2.81. The largest absolute Gasteiger partial charge is 0.381 e. The second-order valence-corrected chi connectivity index (χ2v) is 6.69. The van der Waals surface area contributed by atoms with Gasteiger partial charge in [0, 0.05) is 37.5 Å². The Bertz CT molecular complexity index is 492. The molecule has 0 saturated carbocycles. The van der Waals surface area contributed by atoms with Gasteiger partial charge in [0.25, 0.3) is 0 Å². The van der Waals surface area contributed by atoms with Crippen molar-refractivity contribution >= 4 is 41.3 Å². The number of aryl methyl sites for hydroxylation is 2. The summed E-state index contributed by atoms with van der Waals surface area (Å²) in [5.41, 5.74) is 1.12. The standard InChI is InChI=1S/C15H26N4OS.HI/c1-5-20-10-13-6-7-19(9-13)15(16-4)17-8-14-11(2)18-12(3)21-14;/h13H,5-10H2,1-4H3,(H,16,17);1H. The first-order chi connectivity index (χ1) is 10.1. The van der Waals surface area contributed by atoms with Crippen LogP contribution in [0.4, 0.5) is 0 Å². The topological polar surface area (TPSA) is 49.8 Å². The Morgan fingerprint density at radius 2 is 2.27 bits per heavy atom. The zero-order valence-corrected chi connectivity index (χ0v) is 17.0. The quantitative estimate of drug-likeness (QED) is 0.437. The minimum Gasteiger partial charge on any atom is -0.381 e. The second-order valence-electron chi connectivity index (χ2n) is 5.40. The van der Waals surface area contributed by atoms with Crippen molar-refractivity contribution in [3.63, 3.8) is 0 Å². The third-order valence-electron chi connectivity index (χ3n) is 3.76. The zero-order valence-electron chi connectivity index (χ0n) is 13.9. The van der Waals surface area contributed by atoms with Crippen LogP contribution in [0.2, 0.25) is 0 Å². The molecule has 1 saturated heterocycles. The first kappa shape index (κ1) is 19.6. The van der Waals surface area contributed by atoms with Crippen LogP contribution in [0.3, 0.4) is 0 Å². The Labute approximate surface area is 154 Å². The van der Waals surface area contributed by atoms with Crippen molar-refractivity contribution in [1.82, 2.24) is 15.2 Å². The lowest BCUT2D eigenvalue weighted by atomic mass is 10.1. The molecule has 1 atom stereocenters. The van der Waals surface area contributed by atoms with Gasteiger partial charge in [0.05, 0.1) is 23.9 Å². The molecular formula is C15H27IN4OS. The van der Waals surface area contributed by atoms with Gasteiger partial charge >= 0.3 is 0 Å². The lowest BCUT2D eigenvalue weighted by Gasteiger charge is -2.21. The molecule has 0 radical (unpaired) electrons. The van der Waals surface area contributed by atoms with Crippen LogP contribution in [-0.2, 0) is 11.3 Å². The molecule has 0 bridgehead atoms. The minimum absolute atomic E-state index is 0. The molecule has 1 aliphatic rings. The van der Waals surface area contributed by atoms with Crippen molar-refractivity contribution < 1.29 is 4.74 Å². The molecule has 0 spiro atoms. The normalized spacial score (nSPS) is 18.5. The average molecular weight is 438 g/mol. The summed E-state index contributed by atoms with van der Waals surface area (Å²) in [5, 5.41) is 4.59. The number of nitrogens with one attached hydrogen (secondary N) is 1. The van der Waals surface area contributed by atoms with Gasteiger partial charge in [-0.3, -0.25) is 4.99 Å². The number of guanidine groups is 1. The zero-order chi connectivity index (χ0) is 15.2. The van der Waals surface area contributed by atoms with Gasteiger partial charge < -0.3 is 15.0 Å². The lowest BCUT2D eigenvalue weighted by molar-refractivity contribution is 0.114. The molecule has 1 aromatic heterocycles. The van der Waals surface area contributed by atoms with Crippen LogP contribution in [-0.4, -0.2) is 49.2 Å². The molecule has 126 valence electrons. The summed E-state index contributed by atoms with van der Waals surface area (Å²) in [5.74, 6) is 1.61. The third kappa shape index (κ3) is 5.34. The summed E-state index contributed by atoms with van der Waals surface area (Å²) in [4.78, 5) is 12.5. The highest BCUT2D eigenvalue weighted by molar-refractivity contribution is 14.0. The number of ether oxygens (including phenoxy) is 1.